The molecule has 0 atom stereocenters. The number of unbranched alkanes of at least 4 members (excludes halogenated alkanes) is 1. The lowest BCUT2D eigenvalue weighted by Crippen LogP contribution is -2.16. The van der Waals surface area contributed by atoms with E-state index in [1.807, 2.05) is 0 Å². The second kappa shape index (κ2) is 5.54. The molecule has 0 spiro atoms. The molecule has 0 aliphatic rings. The summed E-state index contributed by atoms with van der Waals surface area (Å²) in [7, 11) is 0. The van der Waals surface area contributed by atoms with Crippen LogP contribution >= 0.6 is 15.9 Å². The van der Waals surface area contributed by atoms with Gasteiger partial charge in [-0.1, -0.05) is 27.2 Å². The number of hydrogen-bond acceptors (Lipinski definition) is 1. The molecule has 3 nitrogen and oxygen atoms in total. The average molecular weight is 275 g/mol. The van der Waals surface area contributed by atoms with Crippen LogP contribution in [0.15, 0.2) is 9.27 Å². The van der Waals surface area contributed by atoms with E-state index < -0.39 is 0 Å². The number of aromatic amines is 1. The molecule has 1 rings (SSSR count). The van der Waals surface area contributed by atoms with Gasteiger partial charge in [0.2, 0.25) is 0 Å². The van der Waals surface area contributed by atoms with Crippen molar-refractivity contribution >= 4 is 15.9 Å². The lowest BCUT2D eigenvalue weighted by Gasteiger charge is -2.02. The SMILES string of the molecule is CCCCn1[nH]c(CC(C)C)c(Br)c1=O. The lowest BCUT2D eigenvalue weighted by atomic mass is 10.1. The highest BCUT2D eigenvalue weighted by Gasteiger charge is 2.11. The van der Waals surface area contributed by atoms with Crippen molar-refractivity contribution in [3.05, 3.63) is 20.5 Å². The molecule has 0 saturated heterocycles. The third-order valence-electron chi connectivity index (χ3n) is 2.32. The summed E-state index contributed by atoms with van der Waals surface area (Å²) in [4.78, 5) is 11.8. The number of hydrogen-bond donors (Lipinski definition) is 1. The first kappa shape index (κ1) is 12.6. The molecule has 1 N–H and O–H groups in total. The number of aromatic nitrogens is 2. The minimum absolute atomic E-state index is 0.0686. The average Bonchev–Trinajstić information content (AvgIpc) is 2.42. The molecule has 1 aromatic heterocycles. The predicted octanol–water partition coefficient (Wildman–Crippen LogP) is 2.94. The van der Waals surface area contributed by atoms with Crippen LogP contribution in [0.3, 0.4) is 0 Å². The molecule has 1 aromatic rings. The van der Waals surface area contributed by atoms with Crippen LogP contribution in [0.1, 0.15) is 39.3 Å². The third kappa shape index (κ3) is 3.23. The standard InChI is InChI=1S/C11H19BrN2O/c1-4-5-6-14-11(15)10(12)9(13-14)7-8(2)3/h8,13H,4-7H2,1-3H3. The summed E-state index contributed by atoms with van der Waals surface area (Å²) in [6, 6.07) is 0. The van der Waals surface area contributed by atoms with Crippen LogP contribution in [-0.2, 0) is 13.0 Å². The Morgan fingerprint density at radius 2 is 2.13 bits per heavy atom. The zero-order valence-corrected chi connectivity index (χ0v) is 11.2. The molecule has 4 heteroatoms. The summed E-state index contributed by atoms with van der Waals surface area (Å²) in [5.41, 5.74) is 1.09. The molecule has 1 heterocycles. The lowest BCUT2D eigenvalue weighted by molar-refractivity contribution is 0.542. The highest BCUT2D eigenvalue weighted by molar-refractivity contribution is 9.10. The van der Waals surface area contributed by atoms with Crippen LogP contribution in [0.25, 0.3) is 0 Å². The fourth-order valence-electron chi connectivity index (χ4n) is 1.53. The van der Waals surface area contributed by atoms with Crippen molar-refractivity contribution in [1.82, 2.24) is 9.78 Å². The van der Waals surface area contributed by atoms with Crippen LogP contribution in [-0.4, -0.2) is 9.78 Å². The molecule has 0 aliphatic heterocycles. The summed E-state index contributed by atoms with van der Waals surface area (Å²) in [5, 5.41) is 3.17. The zero-order valence-electron chi connectivity index (χ0n) is 9.64. The van der Waals surface area contributed by atoms with Gasteiger partial charge in [-0.25, -0.2) is 0 Å². The molecule has 0 unspecified atom stereocenters. The largest absolute Gasteiger partial charge is 0.299 e. The summed E-state index contributed by atoms with van der Waals surface area (Å²) in [6.45, 7) is 7.20. The van der Waals surface area contributed by atoms with E-state index in [0.29, 0.717) is 10.4 Å². The third-order valence-corrected chi connectivity index (χ3v) is 3.13. The molecule has 0 radical (unpaired) electrons. The van der Waals surface area contributed by atoms with Crippen LogP contribution in [0.2, 0.25) is 0 Å². The molecule has 0 fully saturated rings. The fourth-order valence-corrected chi connectivity index (χ4v) is 1.99. The van der Waals surface area contributed by atoms with Crippen molar-refractivity contribution in [1.29, 1.82) is 0 Å². The Morgan fingerprint density at radius 3 is 2.67 bits per heavy atom. The quantitative estimate of drug-likeness (QED) is 0.881. The van der Waals surface area contributed by atoms with Crippen molar-refractivity contribution in [2.24, 2.45) is 5.92 Å². The maximum Gasteiger partial charge on any atom is 0.281 e. The van der Waals surface area contributed by atoms with Gasteiger partial charge in [0.25, 0.3) is 5.56 Å². The highest BCUT2D eigenvalue weighted by atomic mass is 79.9. The second-order valence-electron chi connectivity index (χ2n) is 4.31. The van der Waals surface area contributed by atoms with E-state index in [4.69, 9.17) is 0 Å². The Kier molecular flexibility index (Phi) is 4.64. The van der Waals surface area contributed by atoms with E-state index in [1.54, 1.807) is 4.68 Å². The Labute approximate surface area is 99.0 Å². The zero-order chi connectivity index (χ0) is 11.4. The summed E-state index contributed by atoms with van der Waals surface area (Å²) in [6.07, 6.45) is 3.05. The number of nitrogens with zero attached hydrogens (tertiary/aromatic N) is 1. The Hall–Kier alpha value is -0.510. The van der Waals surface area contributed by atoms with E-state index in [0.717, 1.165) is 31.5 Å². The highest BCUT2D eigenvalue weighted by Crippen LogP contribution is 2.14. The van der Waals surface area contributed by atoms with Gasteiger partial charge in [-0.2, -0.15) is 0 Å². The molecule has 0 bridgehead atoms. The number of H-pyrrole nitrogens is 1. The first-order valence-electron chi connectivity index (χ1n) is 5.53. The van der Waals surface area contributed by atoms with Crippen molar-refractivity contribution in [2.75, 3.05) is 0 Å². The second-order valence-corrected chi connectivity index (χ2v) is 5.11. The predicted molar refractivity (Wildman–Crippen MR) is 66.2 cm³/mol. The van der Waals surface area contributed by atoms with Crippen LogP contribution in [0, 0.1) is 5.92 Å². The van der Waals surface area contributed by atoms with Crippen LogP contribution in [0.4, 0.5) is 0 Å². The summed E-state index contributed by atoms with van der Waals surface area (Å²) in [5.74, 6) is 0.555. The monoisotopic (exact) mass is 274 g/mol. The van der Waals surface area contributed by atoms with Gasteiger partial charge in [0, 0.05) is 6.54 Å². The first-order valence-corrected chi connectivity index (χ1v) is 6.32. The number of halogens is 1. The normalized spacial score (nSPS) is 11.3. The van der Waals surface area contributed by atoms with Gasteiger partial charge in [-0.3, -0.25) is 14.6 Å². The van der Waals surface area contributed by atoms with E-state index in [1.165, 1.54) is 0 Å². The Balaban J connectivity index is 2.86. The smallest absolute Gasteiger partial charge is 0.281 e. The molecular weight excluding hydrogens is 256 g/mol. The topological polar surface area (TPSA) is 37.8 Å². The van der Waals surface area contributed by atoms with E-state index >= 15 is 0 Å². The van der Waals surface area contributed by atoms with Gasteiger partial charge >= 0.3 is 0 Å². The first-order chi connectivity index (χ1) is 7.06. The molecule has 0 saturated carbocycles. The number of rotatable bonds is 5. The Bertz CT molecular complexity index is 365. The van der Waals surface area contributed by atoms with Gasteiger partial charge in [0.1, 0.15) is 4.47 Å². The van der Waals surface area contributed by atoms with Crippen LogP contribution < -0.4 is 5.56 Å². The van der Waals surface area contributed by atoms with Crippen molar-refractivity contribution in [3.63, 3.8) is 0 Å². The van der Waals surface area contributed by atoms with Gasteiger partial charge in [-0.15, -0.1) is 0 Å². The maximum absolute atomic E-state index is 11.8. The molecule has 15 heavy (non-hydrogen) atoms. The van der Waals surface area contributed by atoms with E-state index in [2.05, 4.69) is 41.8 Å². The van der Waals surface area contributed by atoms with Crippen LogP contribution in [0.5, 0.6) is 0 Å². The van der Waals surface area contributed by atoms with Gasteiger partial charge in [-0.05, 0) is 34.7 Å². The van der Waals surface area contributed by atoms with Gasteiger partial charge in [0.05, 0.1) is 5.69 Å². The fraction of sp³-hybridized carbons (Fsp3) is 0.727. The molecular formula is C11H19BrN2O. The maximum atomic E-state index is 11.8. The van der Waals surface area contributed by atoms with Gasteiger partial charge in [0.15, 0.2) is 0 Å². The number of nitrogens with one attached hydrogen (secondary N) is 1. The summed E-state index contributed by atoms with van der Waals surface area (Å²) >= 11 is 3.36. The molecule has 0 amide bonds. The van der Waals surface area contributed by atoms with Crippen molar-refractivity contribution in [3.8, 4) is 0 Å². The molecule has 86 valence electrons. The van der Waals surface area contributed by atoms with Gasteiger partial charge < -0.3 is 0 Å². The molecule has 0 aliphatic carbocycles. The summed E-state index contributed by atoms with van der Waals surface area (Å²) < 4.78 is 2.40. The van der Waals surface area contributed by atoms with Crippen molar-refractivity contribution < 1.29 is 0 Å². The van der Waals surface area contributed by atoms with E-state index in [9.17, 15) is 4.79 Å². The Morgan fingerprint density at radius 1 is 1.47 bits per heavy atom. The number of aryl methyl sites for hydroxylation is 1. The van der Waals surface area contributed by atoms with E-state index in [-0.39, 0.29) is 5.56 Å². The molecule has 0 aromatic carbocycles. The minimum atomic E-state index is 0.0686. The van der Waals surface area contributed by atoms with Crippen molar-refractivity contribution in [2.45, 2.75) is 46.6 Å². The minimum Gasteiger partial charge on any atom is -0.299 e.